The number of hydrogen-bond donors (Lipinski definition) is 0. The normalized spacial score (nSPS) is 10.3. The Kier molecular flexibility index (Phi) is 5.98. The molecule has 0 spiro atoms. The Labute approximate surface area is 142 Å². The van der Waals surface area contributed by atoms with Gasteiger partial charge >= 0.3 is 5.97 Å². The van der Waals surface area contributed by atoms with E-state index in [2.05, 4.69) is 15.9 Å². The van der Waals surface area contributed by atoms with Crippen molar-refractivity contribution in [3.05, 3.63) is 57.8 Å². The third kappa shape index (κ3) is 4.45. The van der Waals surface area contributed by atoms with Crippen molar-refractivity contribution in [1.29, 1.82) is 0 Å². The van der Waals surface area contributed by atoms with Gasteiger partial charge in [-0.3, -0.25) is 0 Å². The van der Waals surface area contributed by atoms with Crippen molar-refractivity contribution in [3.63, 3.8) is 0 Å². The summed E-state index contributed by atoms with van der Waals surface area (Å²) in [6.45, 7) is 2.41. The molecule has 0 N–H and O–H groups in total. The number of ether oxygens (including phenoxy) is 3. The number of benzene rings is 2. The fraction of sp³-hybridized carbons (Fsp3) is 0.235. The van der Waals surface area contributed by atoms with Crippen molar-refractivity contribution in [2.45, 2.75) is 13.5 Å². The van der Waals surface area contributed by atoms with Crippen LogP contribution in [-0.4, -0.2) is 19.7 Å². The molecular formula is C17H16BrFO4. The van der Waals surface area contributed by atoms with Gasteiger partial charge in [0.1, 0.15) is 12.4 Å². The topological polar surface area (TPSA) is 44.8 Å². The van der Waals surface area contributed by atoms with Crippen LogP contribution in [0.1, 0.15) is 22.8 Å². The van der Waals surface area contributed by atoms with E-state index >= 15 is 0 Å². The third-order valence-corrected chi connectivity index (χ3v) is 3.59. The van der Waals surface area contributed by atoms with Crippen molar-refractivity contribution in [3.8, 4) is 11.5 Å². The molecular weight excluding hydrogens is 367 g/mol. The van der Waals surface area contributed by atoms with E-state index in [1.807, 2.05) is 6.92 Å². The fourth-order valence-corrected chi connectivity index (χ4v) is 2.55. The summed E-state index contributed by atoms with van der Waals surface area (Å²) in [6.07, 6.45) is 0. The van der Waals surface area contributed by atoms with E-state index in [1.54, 1.807) is 24.3 Å². The summed E-state index contributed by atoms with van der Waals surface area (Å²) < 4.78 is 29.7. The highest BCUT2D eigenvalue weighted by molar-refractivity contribution is 9.10. The van der Waals surface area contributed by atoms with E-state index in [1.165, 1.54) is 19.2 Å². The van der Waals surface area contributed by atoms with Crippen LogP contribution in [-0.2, 0) is 11.3 Å². The zero-order valence-electron chi connectivity index (χ0n) is 12.8. The zero-order valence-corrected chi connectivity index (χ0v) is 14.4. The van der Waals surface area contributed by atoms with E-state index in [0.29, 0.717) is 33.7 Å². The van der Waals surface area contributed by atoms with Crippen LogP contribution in [0.4, 0.5) is 4.39 Å². The first-order valence-electron chi connectivity index (χ1n) is 6.97. The van der Waals surface area contributed by atoms with Crippen LogP contribution in [0.2, 0.25) is 0 Å². The van der Waals surface area contributed by atoms with Crippen LogP contribution < -0.4 is 9.47 Å². The van der Waals surface area contributed by atoms with Gasteiger partial charge in [0.25, 0.3) is 0 Å². The maximum absolute atomic E-state index is 13.2. The molecule has 4 nitrogen and oxygen atoms in total. The molecule has 0 amide bonds. The Morgan fingerprint density at radius 1 is 1.22 bits per heavy atom. The number of halogens is 2. The van der Waals surface area contributed by atoms with E-state index < -0.39 is 5.97 Å². The molecule has 0 saturated heterocycles. The lowest BCUT2D eigenvalue weighted by molar-refractivity contribution is 0.0600. The molecule has 6 heteroatoms. The Morgan fingerprint density at radius 2 is 2.00 bits per heavy atom. The van der Waals surface area contributed by atoms with Crippen LogP contribution in [0.5, 0.6) is 11.5 Å². The van der Waals surface area contributed by atoms with Gasteiger partial charge in [0, 0.05) is 0 Å². The molecule has 0 aliphatic carbocycles. The largest absolute Gasteiger partial charge is 0.490 e. The molecule has 0 aliphatic heterocycles. The maximum atomic E-state index is 13.2. The predicted octanol–water partition coefficient (Wildman–Crippen LogP) is 4.35. The van der Waals surface area contributed by atoms with Crippen LogP contribution in [0.25, 0.3) is 0 Å². The minimum absolute atomic E-state index is 0.175. The zero-order chi connectivity index (χ0) is 16.8. The summed E-state index contributed by atoms with van der Waals surface area (Å²) in [5, 5.41) is 0. The summed E-state index contributed by atoms with van der Waals surface area (Å²) in [7, 11) is 1.31. The van der Waals surface area contributed by atoms with Gasteiger partial charge in [-0.05, 0) is 52.7 Å². The van der Waals surface area contributed by atoms with E-state index in [9.17, 15) is 9.18 Å². The van der Waals surface area contributed by atoms with Gasteiger partial charge in [0.2, 0.25) is 0 Å². The summed E-state index contributed by atoms with van der Waals surface area (Å²) in [6, 6.07) is 9.30. The second-order valence-corrected chi connectivity index (χ2v) is 5.48. The molecule has 23 heavy (non-hydrogen) atoms. The number of esters is 1. The van der Waals surface area contributed by atoms with Gasteiger partial charge in [-0.25, -0.2) is 9.18 Å². The summed E-state index contributed by atoms with van der Waals surface area (Å²) in [4.78, 5) is 11.7. The second kappa shape index (κ2) is 7.97. The molecule has 0 atom stereocenters. The molecule has 0 bridgehead atoms. The highest BCUT2D eigenvalue weighted by atomic mass is 79.9. The molecule has 2 aromatic carbocycles. The smallest absolute Gasteiger partial charge is 0.338 e. The molecule has 0 saturated carbocycles. The van der Waals surface area contributed by atoms with Crippen LogP contribution in [0, 0.1) is 5.82 Å². The quantitative estimate of drug-likeness (QED) is 0.696. The first-order chi connectivity index (χ1) is 11.0. The Balaban J connectivity index is 2.27. The molecule has 2 rings (SSSR count). The van der Waals surface area contributed by atoms with Gasteiger partial charge in [0.05, 0.1) is 23.8 Å². The molecule has 2 aromatic rings. The van der Waals surface area contributed by atoms with Gasteiger partial charge in [0.15, 0.2) is 11.5 Å². The first-order valence-corrected chi connectivity index (χ1v) is 7.76. The summed E-state index contributed by atoms with van der Waals surface area (Å²) in [5.41, 5.74) is 1.04. The monoisotopic (exact) mass is 382 g/mol. The minimum Gasteiger partial charge on any atom is -0.490 e. The lowest BCUT2D eigenvalue weighted by Gasteiger charge is -2.15. The molecule has 122 valence electrons. The van der Waals surface area contributed by atoms with Crippen LogP contribution in [0.3, 0.4) is 0 Å². The molecule has 0 aliphatic rings. The number of methoxy groups -OCH3 is 1. The average molecular weight is 383 g/mol. The van der Waals surface area contributed by atoms with Crippen molar-refractivity contribution in [1.82, 2.24) is 0 Å². The minimum atomic E-state index is -0.469. The van der Waals surface area contributed by atoms with Gasteiger partial charge in [-0.2, -0.15) is 0 Å². The van der Waals surface area contributed by atoms with E-state index in [-0.39, 0.29) is 12.4 Å². The molecule has 0 fully saturated rings. The van der Waals surface area contributed by atoms with Gasteiger partial charge < -0.3 is 14.2 Å². The number of hydrogen-bond acceptors (Lipinski definition) is 4. The Morgan fingerprint density at radius 3 is 2.65 bits per heavy atom. The number of carbonyl (C=O) groups excluding carboxylic acids is 1. The molecule has 0 radical (unpaired) electrons. The van der Waals surface area contributed by atoms with Gasteiger partial charge in [-0.15, -0.1) is 0 Å². The van der Waals surface area contributed by atoms with Gasteiger partial charge in [-0.1, -0.05) is 12.1 Å². The average Bonchev–Trinajstić information content (AvgIpc) is 2.53. The lowest BCUT2D eigenvalue weighted by atomic mass is 10.2. The second-order valence-electron chi connectivity index (χ2n) is 4.63. The number of carbonyl (C=O) groups is 1. The highest BCUT2D eigenvalue weighted by Crippen LogP contribution is 2.37. The standard InChI is InChI=1S/C17H16BrFO4/c1-3-22-15-9-12(17(20)21-2)8-14(18)16(15)23-10-11-5-4-6-13(19)7-11/h4-9H,3,10H2,1-2H3. The number of rotatable bonds is 6. The van der Waals surface area contributed by atoms with Crippen LogP contribution >= 0.6 is 15.9 Å². The Bertz CT molecular complexity index is 703. The van der Waals surface area contributed by atoms with Crippen molar-refractivity contribution < 1.29 is 23.4 Å². The van der Waals surface area contributed by atoms with Crippen molar-refractivity contribution in [2.24, 2.45) is 0 Å². The summed E-state index contributed by atoms with van der Waals surface area (Å²) in [5.74, 6) is 0.0713. The van der Waals surface area contributed by atoms with Crippen LogP contribution in [0.15, 0.2) is 40.9 Å². The predicted molar refractivity (Wildman–Crippen MR) is 87.4 cm³/mol. The van der Waals surface area contributed by atoms with E-state index in [4.69, 9.17) is 14.2 Å². The fourth-order valence-electron chi connectivity index (χ4n) is 1.99. The van der Waals surface area contributed by atoms with Crippen molar-refractivity contribution in [2.75, 3.05) is 13.7 Å². The molecule has 0 unspecified atom stereocenters. The SMILES string of the molecule is CCOc1cc(C(=O)OC)cc(Br)c1OCc1cccc(F)c1. The van der Waals surface area contributed by atoms with Crippen molar-refractivity contribution >= 4 is 21.9 Å². The maximum Gasteiger partial charge on any atom is 0.338 e. The lowest BCUT2D eigenvalue weighted by Crippen LogP contribution is -2.05. The Hall–Kier alpha value is -2.08. The van der Waals surface area contributed by atoms with E-state index in [0.717, 1.165) is 0 Å². The highest BCUT2D eigenvalue weighted by Gasteiger charge is 2.16. The third-order valence-electron chi connectivity index (χ3n) is 3.00. The molecule has 0 heterocycles. The first kappa shape index (κ1) is 17.3. The molecule has 0 aromatic heterocycles. The summed E-state index contributed by atoms with van der Waals surface area (Å²) >= 11 is 3.37.